The lowest BCUT2D eigenvalue weighted by Gasteiger charge is -2.36. The zero-order valence-corrected chi connectivity index (χ0v) is 24.4. The highest BCUT2D eigenvalue weighted by Gasteiger charge is 2.47. The van der Waals surface area contributed by atoms with Crippen molar-refractivity contribution in [3.8, 4) is 11.5 Å². The fourth-order valence-corrected chi connectivity index (χ4v) is 7.02. The zero-order valence-electron chi connectivity index (χ0n) is 23.5. The Labute approximate surface area is 248 Å². The van der Waals surface area contributed by atoms with Gasteiger partial charge in [0.25, 0.3) is 0 Å². The molecule has 42 heavy (non-hydrogen) atoms. The van der Waals surface area contributed by atoms with Gasteiger partial charge in [0, 0.05) is 38.0 Å². The minimum atomic E-state index is -0.568. The van der Waals surface area contributed by atoms with Gasteiger partial charge in [0.1, 0.15) is 21.8 Å². The molecule has 3 aliphatic heterocycles. The first-order valence-electron chi connectivity index (χ1n) is 14.1. The largest absolute Gasteiger partial charge is 0.457 e. The first kappa shape index (κ1) is 28.0. The third kappa shape index (κ3) is 5.54. The van der Waals surface area contributed by atoms with Crippen LogP contribution in [0.5, 0.6) is 11.5 Å². The molecule has 4 amide bonds. The number of hydrogen-bond acceptors (Lipinski definition) is 7. The average Bonchev–Trinajstić information content (AvgIpc) is 3.37. The van der Waals surface area contributed by atoms with Gasteiger partial charge in [-0.2, -0.15) is 0 Å². The molecule has 2 aromatic carbocycles. The van der Waals surface area contributed by atoms with Gasteiger partial charge in [0.15, 0.2) is 0 Å². The maximum absolute atomic E-state index is 13.6. The first-order valence-corrected chi connectivity index (χ1v) is 15.0. The highest BCUT2D eigenvalue weighted by atomic mass is 32.2. The molecule has 4 heterocycles. The molecule has 0 bridgehead atoms. The van der Waals surface area contributed by atoms with Gasteiger partial charge in [-0.3, -0.25) is 14.5 Å². The van der Waals surface area contributed by atoms with Crippen molar-refractivity contribution in [1.29, 1.82) is 0 Å². The SMILES string of the molecule is COCCC(=O)N1CCCC(NC(=O)[C@@H]2Sc3nccc4c3C2NC(=O)N4c2ccc(Oc3ccccc3)cc2C)C1. The Morgan fingerprint density at radius 2 is 1.95 bits per heavy atom. The number of para-hydroxylation sites is 1. The molecule has 0 spiro atoms. The Hall–Kier alpha value is -4.09. The number of aromatic nitrogens is 1. The minimum absolute atomic E-state index is 0.0295. The maximum atomic E-state index is 13.6. The number of amides is 4. The molecule has 3 atom stereocenters. The maximum Gasteiger partial charge on any atom is 0.327 e. The van der Waals surface area contributed by atoms with Gasteiger partial charge in [0.05, 0.1) is 30.4 Å². The molecule has 2 N–H and O–H groups in total. The molecule has 1 fully saturated rings. The van der Waals surface area contributed by atoms with Crippen molar-refractivity contribution in [2.45, 2.75) is 48.5 Å². The third-order valence-electron chi connectivity index (χ3n) is 7.79. The molecule has 3 aliphatic rings. The van der Waals surface area contributed by atoms with E-state index in [-0.39, 0.29) is 23.9 Å². The number of pyridine rings is 1. The summed E-state index contributed by atoms with van der Waals surface area (Å²) >= 11 is 1.36. The van der Waals surface area contributed by atoms with E-state index in [1.807, 2.05) is 61.5 Å². The predicted molar refractivity (Wildman–Crippen MR) is 159 cm³/mol. The van der Waals surface area contributed by atoms with Crippen molar-refractivity contribution in [2.75, 3.05) is 31.7 Å². The van der Waals surface area contributed by atoms with Crippen molar-refractivity contribution < 1.29 is 23.9 Å². The van der Waals surface area contributed by atoms with Crippen LogP contribution in [-0.4, -0.2) is 65.8 Å². The van der Waals surface area contributed by atoms with Crippen LogP contribution in [0.4, 0.5) is 16.2 Å². The van der Waals surface area contributed by atoms with Gasteiger partial charge < -0.3 is 25.0 Å². The summed E-state index contributed by atoms with van der Waals surface area (Å²) in [6, 6.07) is 16.0. The Morgan fingerprint density at radius 3 is 2.74 bits per heavy atom. The van der Waals surface area contributed by atoms with E-state index in [0.29, 0.717) is 37.6 Å². The molecular formula is C31H33N5O5S. The fraction of sp³-hybridized carbons (Fsp3) is 0.355. The number of thioether (sulfide) groups is 1. The summed E-state index contributed by atoms with van der Waals surface area (Å²) in [4.78, 5) is 47.7. The minimum Gasteiger partial charge on any atom is -0.457 e. The summed E-state index contributed by atoms with van der Waals surface area (Å²) < 4.78 is 11.0. The molecule has 0 radical (unpaired) electrons. The standard InChI is InChI=1S/C31H33N5O5S/c1-19-17-22(41-21-8-4-3-5-9-21)10-11-23(19)36-24-12-14-32-30-26(24)27(34-31(36)39)28(42-30)29(38)33-20-7-6-15-35(18-20)25(37)13-16-40-2/h3-5,8-12,14,17,20,27-28H,6-7,13,15-16,18H2,1-2H3,(H,33,38)(H,34,39)/t20?,27?,28-/m1/s1. The van der Waals surface area contributed by atoms with Crippen LogP contribution in [0.1, 0.15) is 36.4 Å². The Bertz CT molecular complexity index is 1500. The number of methoxy groups -OCH3 is 1. The molecule has 6 rings (SSSR count). The molecule has 3 aromatic rings. The quantitative estimate of drug-likeness (QED) is 0.393. The summed E-state index contributed by atoms with van der Waals surface area (Å²) in [6.45, 7) is 3.46. The summed E-state index contributed by atoms with van der Waals surface area (Å²) in [6.07, 6.45) is 3.61. The van der Waals surface area contributed by atoms with E-state index >= 15 is 0 Å². The average molecular weight is 588 g/mol. The smallest absolute Gasteiger partial charge is 0.327 e. The molecule has 10 nitrogen and oxygen atoms in total. The number of likely N-dealkylation sites (tertiary alicyclic amines) is 1. The van der Waals surface area contributed by atoms with Crippen LogP contribution in [0, 0.1) is 6.92 Å². The summed E-state index contributed by atoms with van der Waals surface area (Å²) in [5.41, 5.74) is 3.14. The molecular weight excluding hydrogens is 554 g/mol. The van der Waals surface area contributed by atoms with Gasteiger partial charge in [-0.05, 0) is 61.7 Å². The van der Waals surface area contributed by atoms with Crippen molar-refractivity contribution >= 4 is 41.0 Å². The van der Waals surface area contributed by atoms with Gasteiger partial charge in [-0.15, -0.1) is 0 Å². The molecule has 0 saturated carbocycles. The fourth-order valence-electron chi connectivity index (χ4n) is 5.78. The second-order valence-electron chi connectivity index (χ2n) is 10.6. The molecule has 1 aromatic heterocycles. The second kappa shape index (κ2) is 12.0. The number of ether oxygens (including phenoxy) is 2. The lowest BCUT2D eigenvalue weighted by molar-refractivity contribution is -0.134. The summed E-state index contributed by atoms with van der Waals surface area (Å²) in [5, 5.41) is 6.38. The van der Waals surface area contributed by atoms with E-state index in [1.165, 1.54) is 11.8 Å². The van der Waals surface area contributed by atoms with Crippen LogP contribution in [0.15, 0.2) is 65.8 Å². The lowest BCUT2D eigenvalue weighted by Crippen LogP contribution is -2.53. The highest BCUT2D eigenvalue weighted by molar-refractivity contribution is 8.01. The van der Waals surface area contributed by atoms with Gasteiger partial charge in [-0.25, -0.2) is 9.78 Å². The number of nitrogens with one attached hydrogen (secondary N) is 2. The van der Waals surface area contributed by atoms with Crippen LogP contribution in [0.25, 0.3) is 0 Å². The molecule has 2 unspecified atom stereocenters. The number of aryl methyl sites for hydroxylation is 1. The van der Waals surface area contributed by atoms with E-state index in [1.54, 1.807) is 23.1 Å². The van der Waals surface area contributed by atoms with E-state index in [0.717, 1.165) is 40.4 Å². The number of carbonyl (C=O) groups is 3. The van der Waals surface area contributed by atoms with Crippen LogP contribution in [-0.2, 0) is 14.3 Å². The Balaban J connectivity index is 1.19. The van der Waals surface area contributed by atoms with E-state index < -0.39 is 11.3 Å². The number of hydrogen-bond donors (Lipinski definition) is 2. The number of anilines is 2. The van der Waals surface area contributed by atoms with Gasteiger partial charge in [0.2, 0.25) is 11.8 Å². The number of benzene rings is 2. The van der Waals surface area contributed by atoms with Crippen LogP contribution < -0.4 is 20.3 Å². The Kier molecular flexibility index (Phi) is 8.03. The normalized spacial score (nSPS) is 21.0. The van der Waals surface area contributed by atoms with Crippen LogP contribution in [0.3, 0.4) is 0 Å². The monoisotopic (exact) mass is 587 g/mol. The van der Waals surface area contributed by atoms with Crippen molar-refractivity contribution in [2.24, 2.45) is 0 Å². The zero-order chi connectivity index (χ0) is 29.2. The first-order chi connectivity index (χ1) is 20.4. The molecule has 218 valence electrons. The predicted octanol–water partition coefficient (Wildman–Crippen LogP) is 4.70. The highest BCUT2D eigenvalue weighted by Crippen LogP contribution is 2.51. The van der Waals surface area contributed by atoms with Crippen molar-refractivity contribution in [1.82, 2.24) is 20.5 Å². The van der Waals surface area contributed by atoms with Crippen LogP contribution in [0.2, 0.25) is 0 Å². The van der Waals surface area contributed by atoms with Gasteiger partial charge in [-0.1, -0.05) is 30.0 Å². The second-order valence-corrected chi connectivity index (χ2v) is 11.8. The van der Waals surface area contributed by atoms with Crippen molar-refractivity contribution in [3.05, 3.63) is 71.9 Å². The number of rotatable bonds is 8. The molecule has 11 heteroatoms. The number of piperidine rings is 1. The van der Waals surface area contributed by atoms with Gasteiger partial charge >= 0.3 is 6.03 Å². The van der Waals surface area contributed by atoms with Crippen LogP contribution >= 0.6 is 11.8 Å². The molecule has 1 saturated heterocycles. The van der Waals surface area contributed by atoms with E-state index in [2.05, 4.69) is 15.6 Å². The van der Waals surface area contributed by atoms with Crippen molar-refractivity contribution in [3.63, 3.8) is 0 Å². The number of carbonyl (C=O) groups excluding carboxylic acids is 3. The van der Waals surface area contributed by atoms with E-state index in [4.69, 9.17) is 9.47 Å². The third-order valence-corrected chi connectivity index (χ3v) is 9.08. The summed E-state index contributed by atoms with van der Waals surface area (Å²) in [7, 11) is 1.58. The number of nitrogens with zero attached hydrogens (tertiary/aromatic N) is 3. The Morgan fingerprint density at radius 1 is 1.12 bits per heavy atom. The topological polar surface area (TPSA) is 113 Å². The lowest BCUT2D eigenvalue weighted by atomic mass is 9.98. The number of urea groups is 1. The molecule has 0 aliphatic carbocycles. The van der Waals surface area contributed by atoms with E-state index in [9.17, 15) is 14.4 Å². The summed E-state index contributed by atoms with van der Waals surface area (Å²) in [5.74, 6) is 1.26.